The maximum atomic E-state index is 11.9. The Bertz CT molecular complexity index is 877. The van der Waals surface area contributed by atoms with Crippen molar-refractivity contribution >= 4 is 17.9 Å². The Labute approximate surface area is 164 Å². The van der Waals surface area contributed by atoms with Crippen LogP contribution in [0.15, 0.2) is 42.5 Å². The highest BCUT2D eigenvalue weighted by atomic mass is 16.5. The molecule has 0 aliphatic carbocycles. The monoisotopic (exact) mass is 384 g/mol. The summed E-state index contributed by atoms with van der Waals surface area (Å²) in [5, 5.41) is 0. The highest BCUT2D eigenvalue weighted by Gasteiger charge is 2.07. The number of aryl methyl sites for hydroxylation is 2. The number of carbonyl (C=O) groups excluding carboxylic acids is 2. The number of hydrogen-bond donors (Lipinski definition) is 2. The zero-order valence-electron chi connectivity index (χ0n) is 16.4. The summed E-state index contributed by atoms with van der Waals surface area (Å²) in [6, 6.07) is 11.0. The molecule has 28 heavy (non-hydrogen) atoms. The first-order valence-electron chi connectivity index (χ1n) is 8.62. The molecule has 2 N–H and O–H groups in total. The Kier molecular flexibility index (Phi) is 7.45. The minimum atomic E-state index is -0.495. The van der Waals surface area contributed by atoms with E-state index in [4.69, 9.17) is 14.2 Å². The predicted molar refractivity (Wildman–Crippen MR) is 106 cm³/mol. The molecule has 2 amide bonds. The summed E-state index contributed by atoms with van der Waals surface area (Å²) in [5.41, 5.74) is 7.24. The fourth-order valence-corrected chi connectivity index (χ4v) is 2.35. The molecule has 2 aromatic carbocycles. The van der Waals surface area contributed by atoms with Crippen LogP contribution in [-0.4, -0.2) is 32.6 Å². The molecule has 0 heterocycles. The zero-order chi connectivity index (χ0) is 20.5. The fraction of sp³-hybridized carbons (Fsp3) is 0.238. The molecule has 0 aliphatic rings. The van der Waals surface area contributed by atoms with Crippen LogP contribution in [0.4, 0.5) is 0 Å². The Balaban J connectivity index is 1.85. The minimum absolute atomic E-state index is 0.210. The van der Waals surface area contributed by atoms with Gasteiger partial charge in [-0.2, -0.15) is 0 Å². The van der Waals surface area contributed by atoms with Crippen LogP contribution in [0.3, 0.4) is 0 Å². The molecular formula is C21H24N2O5. The van der Waals surface area contributed by atoms with E-state index in [0.717, 1.165) is 11.1 Å². The van der Waals surface area contributed by atoms with Crippen molar-refractivity contribution in [2.45, 2.75) is 13.8 Å². The molecule has 148 valence electrons. The van der Waals surface area contributed by atoms with E-state index in [-0.39, 0.29) is 6.61 Å². The molecule has 2 aromatic rings. The van der Waals surface area contributed by atoms with Crippen molar-refractivity contribution in [1.82, 2.24) is 10.9 Å². The second kappa shape index (κ2) is 10.0. The Morgan fingerprint density at radius 2 is 1.75 bits per heavy atom. The van der Waals surface area contributed by atoms with Crippen molar-refractivity contribution in [1.29, 1.82) is 0 Å². The number of ether oxygens (including phenoxy) is 3. The summed E-state index contributed by atoms with van der Waals surface area (Å²) in [5.74, 6) is 0.895. The van der Waals surface area contributed by atoms with E-state index in [1.807, 2.05) is 32.0 Å². The number of methoxy groups -OCH3 is 2. The number of hydrazine groups is 1. The Morgan fingerprint density at radius 3 is 2.46 bits per heavy atom. The van der Waals surface area contributed by atoms with Crippen LogP contribution in [0.1, 0.15) is 16.7 Å². The fourth-order valence-electron chi connectivity index (χ4n) is 2.35. The van der Waals surface area contributed by atoms with Crippen LogP contribution in [0.25, 0.3) is 6.08 Å². The third-order valence-corrected chi connectivity index (χ3v) is 3.88. The Hall–Kier alpha value is -3.48. The molecule has 0 aliphatic heterocycles. The van der Waals surface area contributed by atoms with Crippen molar-refractivity contribution in [3.8, 4) is 17.2 Å². The van der Waals surface area contributed by atoms with Gasteiger partial charge in [0.2, 0.25) is 0 Å². The SMILES string of the molecule is COc1ccc(OC)c(/C=C/C(=O)NNC(=O)COc2cc(C)ccc2C)c1. The third kappa shape index (κ3) is 6.05. The predicted octanol–water partition coefficient (Wildman–Crippen LogP) is 2.56. The summed E-state index contributed by atoms with van der Waals surface area (Å²) >= 11 is 0. The van der Waals surface area contributed by atoms with Crippen molar-refractivity contribution in [3.05, 3.63) is 59.2 Å². The summed E-state index contributed by atoms with van der Waals surface area (Å²) in [7, 11) is 3.09. The molecule has 0 radical (unpaired) electrons. The average Bonchev–Trinajstić information content (AvgIpc) is 2.70. The smallest absolute Gasteiger partial charge is 0.276 e. The van der Waals surface area contributed by atoms with E-state index in [9.17, 15) is 9.59 Å². The van der Waals surface area contributed by atoms with E-state index in [0.29, 0.717) is 22.8 Å². The van der Waals surface area contributed by atoms with Gasteiger partial charge in [0.1, 0.15) is 17.2 Å². The van der Waals surface area contributed by atoms with Gasteiger partial charge in [-0.1, -0.05) is 12.1 Å². The normalized spacial score (nSPS) is 10.4. The molecule has 2 rings (SSSR count). The summed E-state index contributed by atoms with van der Waals surface area (Å²) in [6.45, 7) is 3.63. The molecule has 0 saturated carbocycles. The Morgan fingerprint density at radius 1 is 0.964 bits per heavy atom. The van der Waals surface area contributed by atoms with E-state index in [1.165, 1.54) is 13.2 Å². The van der Waals surface area contributed by atoms with Crippen LogP contribution >= 0.6 is 0 Å². The quantitative estimate of drug-likeness (QED) is 0.566. The van der Waals surface area contributed by atoms with E-state index in [2.05, 4.69) is 10.9 Å². The molecular weight excluding hydrogens is 360 g/mol. The van der Waals surface area contributed by atoms with Gasteiger partial charge in [0.15, 0.2) is 6.61 Å². The number of rotatable bonds is 7. The number of carbonyl (C=O) groups is 2. The lowest BCUT2D eigenvalue weighted by Gasteiger charge is -2.10. The van der Waals surface area contributed by atoms with Crippen molar-refractivity contribution in [2.75, 3.05) is 20.8 Å². The zero-order valence-corrected chi connectivity index (χ0v) is 16.4. The van der Waals surface area contributed by atoms with Gasteiger partial charge in [-0.25, -0.2) is 0 Å². The van der Waals surface area contributed by atoms with E-state index in [1.54, 1.807) is 31.4 Å². The molecule has 0 spiro atoms. The molecule has 7 heteroatoms. The van der Waals surface area contributed by atoms with Crippen molar-refractivity contribution in [2.24, 2.45) is 0 Å². The van der Waals surface area contributed by atoms with Crippen LogP contribution in [0, 0.1) is 13.8 Å². The topological polar surface area (TPSA) is 85.9 Å². The lowest BCUT2D eigenvalue weighted by atomic mass is 10.1. The second-order valence-electron chi connectivity index (χ2n) is 6.04. The van der Waals surface area contributed by atoms with E-state index < -0.39 is 11.8 Å². The van der Waals surface area contributed by atoms with Crippen LogP contribution in [0.5, 0.6) is 17.2 Å². The van der Waals surface area contributed by atoms with Crippen molar-refractivity contribution in [3.63, 3.8) is 0 Å². The maximum Gasteiger partial charge on any atom is 0.276 e. The summed E-state index contributed by atoms with van der Waals surface area (Å²) < 4.78 is 15.9. The lowest BCUT2D eigenvalue weighted by molar-refractivity contribution is -0.128. The molecule has 0 unspecified atom stereocenters. The van der Waals surface area contributed by atoms with Gasteiger partial charge in [-0.05, 0) is 55.3 Å². The van der Waals surface area contributed by atoms with Gasteiger partial charge in [0.25, 0.3) is 11.8 Å². The number of benzene rings is 2. The highest BCUT2D eigenvalue weighted by Crippen LogP contribution is 2.25. The number of hydrogen-bond acceptors (Lipinski definition) is 5. The molecule has 0 fully saturated rings. The van der Waals surface area contributed by atoms with Gasteiger partial charge < -0.3 is 14.2 Å². The van der Waals surface area contributed by atoms with E-state index >= 15 is 0 Å². The van der Waals surface area contributed by atoms with Crippen molar-refractivity contribution < 1.29 is 23.8 Å². The standard InChI is InChI=1S/C21H24N2O5/c1-14-5-6-15(2)19(11-14)28-13-21(25)23-22-20(24)10-7-16-12-17(26-3)8-9-18(16)27-4/h5-12H,13H2,1-4H3,(H,22,24)(H,23,25)/b10-7+. The van der Waals surface area contributed by atoms with Gasteiger partial charge >= 0.3 is 0 Å². The third-order valence-electron chi connectivity index (χ3n) is 3.88. The maximum absolute atomic E-state index is 11.9. The number of nitrogens with one attached hydrogen (secondary N) is 2. The van der Waals surface area contributed by atoms with Gasteiger partial charge in [0.05, 0.1) is 14.2 Å². The molecule has 0 aromatic heterocycles. The first-order chi connectivity index (χ1) is 13.4. The first kappa shape index (κ1) is 20.8. The lowest BCUT2D eigenvalue weighted by Crippen LogP contribution is -2.43. The highest BCUT2D eigenvalue weighted by molar-refractivity contribution is 5.93. The summed E-state index contributed by atoms with van der Waals surface area (Å²) in [6.07, 6.45) is 2.85. The van der Waals surface area contributed by atoms with Gasteiger partial charge in [-0.15, -0.1) is 0 Å². The average molecular weight is 384 g/mol. The first-order valence-corrected chi connectivity index (χ1v) is 8.62. The molecule has 0 saturated heterocycles. The molecule has 0 atom stereocenters. The second-order valence-corrected chi connectivity index (χ2v) is 6.04. The van der Waals surface area contributed by atoms with Crippen LogP contribution in [0.2, 0.25) is 0 Å². The number of amides is 2. The van der Waals surface area contributed by atoms with Crippen LogP contribution < -0.4 is 25.1 Å². The largest absolute Gasteiger partial charge is 0.497 e. The minimum Gasteiger partial charge on any atom is -0.497 e. The van der Waals surface area contributed by atoms with Gasteiger partial charge in [0, 0.05) is 11.6 Å². The van der Waals surface area contributed by atoms with Crippen LogP contribution in [-0.2, 0) is 9.59 Å². The van der Waals surface area contributed by atoms with Gasteiger partial charge in [-0.3, -0.25) is 20.4 Å². The summed E-state index contributed by atoms with van der Waals surface area (Å²) in [4.78, 5) is 23.8. The molecule has 0 bridgehead atoms. The molecule has 7 nitrogen and oxygen atoms in total.